The van der Waals surface area contributed by atoms with E-state index in [1.54, 1.807) is 7.11 Å². The fourth-order valence-electron chi connectivity index (χ4n) is 4.20. The molecule has 2 N–H and O–H groups in total. The van der Waals surface area contributed by atoms with Crippen molar-refractivity contribution < 1.29 is 14.3 Å². The maximum absolute atomic E-state index is 12.9. The molecule has 2 aromatic carbocycles. The number of carbonyl (C=O) groups is 1. The Hall–Kier alpha value is -2.73. The SMILES string of the molecule is COc1ccccc1Oc1ccccc1NC(=O)N1CCC[C@@]2(CCNC2)C1. The fourth-order valence-corrected chi connectivity index (χ4v) is 4.20. The Balaban J connectivity index is 1.48. The summed E-state index contributed by atoms with van der Waals surface area (Å²) in [7, 11) is 1.61. The summed E-state index contributed by atoms with van der Waals surface area (Å²) in [5, 5.41) is 6.49. The number of urea groups is 1. The molecule has 4 rings (SSSR count). The summed E-state index contributed by atoms with van der Waals surface area (Å²) < 4.78 is 11.4. The Labute approximate surface area is 165 Å². The number of rotatable bonds is 4. The summed E-state index contributed by atoms with van der Waals surface area (Å²) in [6.07, 6.45) is 3.38. The third-order valence-electron chi connectivity index (χ3n) is 5.70. The van der Waals surface area contributed by atoms with Gasteiger partial charge in [-0.05, 0) is 50.1 Å². The van der Waals surface area contributed by atoms with Gasteiger partial charge in [0.1, 0.15) is 0 Å². The number of likely N-dealkylation sites (tertiary alicyclic amines) is 1. The molecule has 28 heavy (non-hydrogen) atoms. The molecule has 2 aromatic rings. The summed E-state index contributed by atoms with van der Waals surface area (Å²) in [5.74, 6) is 1.85. The van der Waals surface area contributed by atoms with Crippen molar-refractivity contribution in [3.8, 4) is 17.2 Å². The van der Waals surface area contributed by atoms with Crippen molar-refractivity contribution in [3.63, 3.8) is 0 Å². The van der Waals surface area contributed by atoms with Gasteiger partial charge in [0.05, 0.1) is 12.8 Å². The number of hydrogen-bond acceptors (Lipinski definition) is 4. The lowest BCUT2D eigenvalue weighted by molar-refractivity contribution is 0.125. The first-order chi connectivity index (χ1) is 13.7. The predicted molar refractivity (Wildman–Crippen MR) is 109 cm³/mol. The first-order valence-corrected chi connectivity index (χ1v) is 9.86. The Bertz CT molecular complexity index is 833. The zero-order valence-electron chi connectivity index (χ0n) is 16.2. The number of ether oxygens (including phenoxy) is 2. The van der Waals surface area contributed by atoms with Gasteiger partial charge in [0.25, 0.3) is 0 Å². The molecule has 2 aliphatic heterocycles. The lowest BCUT2D eigenvalue weighted by atomic mass is 9.79. The molecule has 0 radical (unpaired) electrons. The van der Waals surface area contributed by atoms with Crippen molar-refractivity contribution >= 4 is 11.7 Å². The van der Waals surface area contributed by atoms with Crippen LogP contribution < -0.4 is 20.1 Å². The number of nitrogens with one attached hydrogen (secondary N) is 2. The van der Waals surface area contributed by atoms with Crippen molar-refractivity contribution in [2.75, 3.05) is 38.6 Å². The quantitative estimate of drug-likeness (QED) is 0.837. The van der Waals surface area contributed by atoms with Crippen LogP contribution in [-0.2, 0) is 0 Å². The summed E-state index contributed by atoms with van der Waals surface area (Å²) in [6.45, 7) is 3.65. The van der Waals surface area contributed by atoms with Crippen LogP contribution in [0.3, 0.4) is 0 Å². The highest BCUT2D eigenvalue weighted by atomic mass is 16.5. The monoisotopic (exact) mass is 381 g/mol. The lowest BCUT2D eigenvalue weighted by Gasteiger charge is -2.39. The van der Waals surface area contributed by atoms with Crippen LogP contribution in [0.25, 0.3) is 0 Å². The van der Waals surface area contributed by atoms with Crippen LogP contribution in [0.5, 0.6) is 17.2 Å². The number of carbonyl (C=O) groups excluding carboxylic acids is 1. The highest BCUT2D eigenvalue weighted by Crippen LogP contribution is 2.37. The van der Waals surface area contributed by atoms with E-state index < -0.39 is 0 Å². The van der Waals surface area contributed by atoms with E-state index in [0.29, 0.717) is 22.9 Å². The Morgan fingerprint density at radius 2 is 1.82 bits per heavy atom. The normalized spacial score (nSPS) is 21.5. The summed E-state index contributed by atoms with van der Waals surface area (Å²) in [6, 6.07) is 14.9. The number of methoxy groups -OCH3 is 1. The number of hydrogen-bond donors (Lipinski definition) is 2. The van der Waals surface area contributed by atoms with Crippen LogP contribution >= 0.6 is 0 Å². The predicted octanol–water partition coefficient (Wildman–Crippen LogP) is 4.09. The molecule has 0 saturated carbocycles. The third kappa shape index (κ3) is 3.92. The van der Waals surface area contributed by atoms with Gasteiger partial charge in [0.15, 0.2) is 17.2 Å². The van der Waals surface area contributed by atoms with Gasteiger partial charge in [-0.3, -0.25) is 0 Å². The molecular weight excluding hydrogens is 354 g/mol. The van der Waals surface area contributed by atoms with Crippen molar-refractivity contribution in [1.82, 2.24) is 10.2 Å². The van der Waals surface area contributed by atoms with E-state index in [1.807, 2.05) is 53.4 Å². The molecule has 0 bridgehead atoms. The molecule has 2 fully saturated rings. The summed E-state index contributed by atoms with van der Waals surface area (Å²) in [5.41, 5.74) is 0.894. The second-order valence-electron chi connectivity index (χ2n) is 7.63. The van der Waals surface area contributed by atoms with Gasteiger partial charge in [0.2, 0.25) is 0 Å². The second kappa shape index (κ2) is 8.10. The number of para-hydroxylation sites is 4. The molecular formula is C22H27N3O3. The van der Waals surface area contributed by atoms with Gasteiger partial charge in [-0.25, -0.2) is 4.79 Å². The number of nitrogens with zero attached hydrogens (tertiary/aromatic N) is 1. The lowest BCUT2D eigenvalue weighted by Crippen LogP contribution is -2.48. The molecule has 2 amide bonds. The Morgan fingerprint density at radius 1 is 1.07 bits per heavy atom. The number of amides is 2. The van der Waals surface area contributed by atoms with Gasteiger partial charge in [-0.2, -0.15) is 0 Å². The Morgan fingerprint density at radius 3 is 2.57 bits per heavy atom. The van der Waals surface area contributed by atoms with E-state index in [4.69, 9.17) is 9.47 Å². The standard InChI is InChI=1S/C22H27N3O3/c1-27-19-9-4-5-10-20(19)28-18-8-3-2-7-17(18)24-21(26)25-14-6-11-22(16-25)12-13-23-15-22/h2-5,7-10,23H,6,11-16H2,1H3,(H,24,26)/t22-/m0/s1. The van der Waals surface area contributed by atoms with E-state index in [1.165, 1.54) is 6.42 Å². The molecule has 2 heterocycles. The molecule has 1 atom stereocenters. The topological polar surface area (TPSA) is 62.8 Å². The highest BCUT2D eigenvalue weighted by molar-refractivity contribution is 5.91. The number of piperidine rings is 1. The van der Waals surface area contributed by atoms with Crippen molar-refractivity contribution in [2.45, 2.75) is 19.3 Å². The Kier molecular flexibility index (Phi) is 5.39. The maximum atomic E-state index is 12.9. The van der Waals surface area contributed by atoms with E-state index >= 15 is 0 Å². The van der Waals surface area contributed by atoms with E-state index in [9.17, 15) is 4.79 Å². The van der Waals surface area contributed by atoms with Gasteiger partial charge >= 0.3 is 6.03 Å². The van der Waals surface area contributed by atoms with Crippen molar-refractivity contribution in [3.05, 3.63) is 48.5 Å². The zero-order chi connectivity index (χ0) is 19.4. The average molecular weight is 381 g/mol. The smallest absolute Gasteiger partial charge is 0.321 e. The van der Waals surface area contributed by atoms with Gasteiger partial charge in [0, 0.05) is 25.0 Å². The van der Waals surface area contributed by atoms with Gasteiger partial charge in [-0.15, -0.1) is 0 Å². The van der Waals surface area contributed by atoms with Crippen LogP contribution in [-0.4, -0.2) is 44.2 Å². The van der Waals surface area contributed by atoms with E-state index in [-0.39, 0.29) is 11.4 Å². The largest absolute Gasteiger partial charge is 0.493 e. The van der Waals surface area contributed by atoms with Gasteiger partial charge in [-0.1, -0.05) is 24.3 Å². The average Bonchev–Trinajstić information content (AvgIpc) is 3.17. The fraction of sp³-hybridized carbons (Fsp3) is 0.409. The molecule has 0 aliphatic carbocycles. The molecule has 1 spiro atoms. The van der Waals surface area contributed by atoms with Crippen LogP contribution in [0.4, 0.5) is 10.5 Å². The highest BCUT2D eigenvalue weighted by Gasteiger charge is 2.39. The minimum Gasteiger partial charge on any atom is -0.493 e. The van der Waals surface area contributed by atoms with E-state index in [2.05, 4.69) is 10.6 Å². The molecule has 2 aliphatic rings. The summed E-state index contributed by atoms with van der Waals surface area (Å²) >= 11 is 0. The maximum Gasteiger partial charge on any atom is 0.321 e. The first kappa shape index (κ1) is 18.6. The third-order valence-corrected chi connectivity index (χ3v) is 5.70. The summed E-state index contributed by atoms with van der Waals surface area (Å²) in [4.78, 5) is 14.9. The molecule has 148 valence electrons. The molecule has 0 aromatic heterocycles. The first-order valence-electron chi connectivity index (χ1n) is 9.86. The van der Waals surface area contributed by atoms with Crippen molar-refractivity contribution in [1.29, 1.82) is 0 Å². The number of benzene rings is 2. The minimum absolute atomic E-state index is 0.0675. The zero-order valence-corrected chi connectivity index (χ0v) is 16.2. The molecule has 6 heteroatoms. The van der Waals surface area contributed by atoms with Crippen LogP contribution in [0.2, 0.25) is 0 Å². The minimum atomic E-state index is -0.0675. The van der Waals surface area contributed by atoms with Crippen LogP contribution in [0.15, 0.2) is 48.5 Å². The van der Waals surface area contributed by atoms with Crippen LogP contribution in [0, 0.1) is 5.41 Å². The molecule has 0 unspecified atom stereocenters. The van der Waals surface area contributed by atoms with Gasteiger partial charge < -0.3 is 25.0 Å². The molecule has 2 saturated heterocycles. The number of anilines is 1. The molecule has 6 nitrogen and oxygen atoms in total. The van der Waals surface area contributed by atoms with Crippen LogP contribution in [0.1, 0.15) is 19.3 Å². The van der Waals surface area contributed by atoms with E-state index in [0.717, 1.165) is 39.0 Å². The second-order valence-corrected chi connectivity index (χ2v) is 7.63. The van der Waals surface area contributed by atoms with Crippen molar-refractivity contribution in [2.24, 2.45) is 5.41 Å².